The monoisotopic (exact) mass is 297 g/mol. The van der Waals surface area contributed by atoms with E-state index in [0.29, 0.717) is 0 Å². The summed E-state index contributed by atoms with van der Waals surface area (Å²) < 4.78 is 2.07. The molecule has 5 heteroatoms. The lowest BCUT2D eigenvalue weighted by Gasteiger charge is -2.41. The van der Waals surface area contributed by atoms with Gasteiger partial charge in [0.1, 0.15) is 4.87 Å². The molecular formula is C15H24ClN3O. The summed E-state index contributed by atoms with van der Waals surface area (Å²) >= 11 is 6.12. The van der Waals surface area contributed by atoms with Crippen LogP contribution in [0, 0.1) is 0 Å². The Morgan fingerprint density at radius 3 is 2.50 bits per heavy atom. The fraction of sp³-hybridized carbons (Fsp3) is 0.733. The van der Waals surface area contributed by atoms with Crippen molar-refractivity contribution in [2.24, 2.45) is 0 Å². The molecule has 0 unspecified atom stereocenters. The van der Waals surface area contributed by atoms with Crippen LogP contribution in [-0.2, 0) is 16.8 Å². The predicted octanol–water partition coefficient (Wildman–Crippen LogP) is 2.80. The minimum absolute atomic E-state index is 0.000651. The molecule has 4 nitrogen and oxygen atoms in total. The standard InChI is InChI=1S/C15H24ClN3O/c1-5-12-10-17-19(11-12)15(4)6-8-18(9-7-15)13(20)14(2,3)16/h10-11H,5-9H2,1-4H3. The number of aromatic nitrogens is 2. The van der Waals surface area contributed by atoms with E-state index in [2.05, 4.69) is 29.8 Å². The molecule has 0 spiro atoms. The summed E-state index contributed by atoms with van der Waals surface area (Å²) in [5, 5.41) is 4.49. The van der Waals surface area contributed by atoms with E-state index in [1.807, 2.05) is 11.1 Å². The second-order valence-electron chi connectivity index (χ2n) is 6.41. The van der Waals surface area contributed by atoms with Crippen LogP contribution in [0.2, 0.25) is 0 Å². The number of alkyl halides is 1. The molecule has 0 atom stereocenters. The van der Waals surface area contributed by atoms with Crippen LogP contribution < -0.4 is 0 Å². The SMILES string of the molecule is CCc1cnn(C2(C)CCN(C(=O)C(C)(C)Cl)CC2)c1. The quantitative estimate of drug-likeness (QED) is 0.805. The summed E-state index contributed by atoms with van der Waals surface area (Å²) in [4.78, 5) is 13.3. The Balaban J connectivity index is 2.04. The fourth-order valence-electron chi connectivity index (χ4n) is 2.63. The van der Waals surface area contributed by atoms with E-state index in [1.54, 1.807) is 13.8 Å². The van der Waals surface area contributed by atoms with Crippen molar-refractivity contribution in [3.05, 3.63) is 18.0 Å². The fourth-order valence-corrected chi connectivity index (χ4v) is 2.75. The number of rotatable bonds is 3. The van der Waals surface area contributed by atoms with Crippen molar-refractivity contribution < 1.29 is 4.79 Å². The summed E-state index contributed by atoms with van der Waals surface area (Å²) in [7, 11) is 0. The Morgan fingerprint density at radius 2 is 2.05 bits per heavy atom. The van der Waals surface area contributed by atoms with Crippen molar-refractivity contribution >= 4 is 17.5 Å². The number of hydrogen-bond donors (Lipinski definition) is 0. The van der Waals surface area contributed by atoms with Crippen molar-refractivity contribution in [2.75, 3.05) is 13.1 Å². The van der Waals surface area contributed by atoms with Crippen LogP contribution in [0.4, 0.5) is 0 Å². The maximum atomic E-state index is 12.2. The van der Waals surface area contributed by atoms with Gasteiger partial charge in [0.2, 0.25) is 5.91 Å². The minimum Gasteiger partial charge on any atom is -0.341 e. The van der Waals surface area contributed by atoms with Gasteiger partial charge < -0.3 is 4.90 Å². The van der Waals surface area contributed by atoms with Crippen molar-refractivity contribution in [1.29, 1.82) is 0 Å². The molecule has 0 saturated carbocycles. The highest BCUT2D eigenvalue weighted by Crippen LogP contribution is 2.31. The van der Waals surface area contributed by atoms with Crippen molar-refractivity contribution in [3.63, 3.8) is 0 Å². The normalized spacial score (nSPS) is 19.1. The molecule has 1 aliphatic heterocycles. The lowest BCUT2D eigenvalue weighted by atomic mass is 9.89. The molecule has 0 bridgehead atoms. The molecule has 112 valence electrons. The lowest BCUT2D eigenvalue weighted by molar-refractivity contribution is -0.135. The van der Waals surface area contributed by atoms with Gasteiger partial charge in [0.25, 0.3) is 0 Å². The molecule has 0 N–H and O–H groups in total. The van der Waals surface area contributed by atoms with E-state index in [0.717, 1.165) is 32.4 Å². The number of likely N-dealkylation sites (tertiary alicyclic amines) is 1. The Kier molecular flexibility index (Phi) is 4.14. The van der Waals surface area contributed by atoms with Crippen molar-refractivity contribution in [1.82, 2.24) is 14.7 Å². The third-order valence-electron chi connectivity index (χ3n) is 4.23. The second kappa shape index (κ2) is 5.40. The van der Waals surface area contributed by atoms with Gasteiger partial charge >= 0.3 is 0 Å². The van der Waals surface area contributed by atoms with Gasteiger partial charge in [0.05, 0.1) is 11.7 Å². The number of piperidine rings is 1. The molecule has 0 aromatic carbocycles. The lowest BCUT2D eigenvalue weighted by Crippen LogP contribution is -2.50. The Labute approximate surface area is 126 Å². The number of nitrogens with zero attached hydrogens (tertiary/aromatic N) is 3. The molecular weight excluding hydrogens is 274 g/mol. The topological polar surface area (TPSA) is 38.1 Å². The Bertz CT molecular complexity index is 482. The molecule has 1 aromatic rings. The number of hydrogen-bond acceptors (Lipinski definition) is 2. The van der Waals surface area contributed by atoms with E-state index in [9.17, 15) is 4.79 Å². The summed E-state index contributed by atoms with van der Waals surface area (Å²) in [6, 6.07) is 0. The first-order valence-corrected chi connectivity index (χ1v) is 7.66. The first-order valence-electron chi connectivity index (χ1n) is 7.28. The zero-order valence-electron chi connectivity index (χ0n) is 12.8. The number of aryl methyl sites for hydroxylation is 1. The highest BCUT2D eigenvalue weighted by Gasteiger charge is 2.37. The summed E-state index contributed by atoms with van der Waals surface area (Å²) in [6.45, 7) is 9.34. The van der Waals surface area contributed by atoms with Crippen LogP contribution >= 0.6 is 11.6 Å². The minimum atomic E-state index is -0.811. The first kappa shape index (κ1) is 15.4. The number of carbonyl (C=O) groups is 1. The number of carbonyl (C=O) groups excluding carboxylic acids is 1. The van der Waals surface area contributed by atoms with E-state index in [1.165, 1.54) is 5.56 Å². The first-order chi connectivity index (χ1) is 9.26. The molecule has 1 fully saturated rings. The molecule has 1 saturated heterocycles. The van der Waals surface area contributed by atoms with Gasteiger partial charge in [0.15, 0.2) is 0 Å². The second-order valence-corrected chi connectivity index (χ2v) is 7.35. The van der Waals surface area contributed by atoms with E-state index >= 15 is 0 Å². The van der Waals surface area contributed by atoms with Crippen molar-refractivity contribution in [2.45, 2.75) is 57.4 Å². The average molecular weight is 298 g/mol. The highest BCUT2D eigenvalue weighted by molar-refractivity contribution is 6.34. The molecule has 2 rings (SSSR count). The number of halogens is 1. The predicted molar refractivity (Wildman–Crippen MR) is 81.0 cm³/mol. The van der Waals surface area contributed by atoms with Crippen LogP contribution in [0.25, 0.3) is 0 Å². The van der Waals surface area contributed by atoms with Gasteiger partial charge in [-0.3, -0.25) is 9.48 Å². The molecule has 0 radical (unpaired) electrons. The third kappa shape index (κ3) is 3.00. The Hall–Kier alpha value is -1.03. The van der Waals surface area contributed by atoms with Gasteiger partial charge in [-0.2, -0.15) is 5.10 Å². The van der Waals surface area contributed by atoms with Crippen LogP contribution in [0.3, 0.4) is 0 Å². The molecule has 1 amide bonds. The average Bonchev–Trinajstić information content (AvgIpc) is 2.87. The number of amides is 1. The summed E-state index contributed by atoms with van der Waals surface area (Å²) in [5.41, 5.74) is 1.26. The summed E-state index contributed by atoms with van der Waals surface area (Å²) in [5.74, 6) is 0.0240. The van der Waals surface area contributed by atoms with E-state index < -0.39 is 4.87 Å². The third-order valence-corrected chi connectivity index (χ3v) is 4.40. The van der Waals surface area contributed by atoms with E-state index in [4.69, 9.17) is 11.6 Å². The molecule has 20 heavy (non-hydrogen) atoms. The largest absolute Gasteiger partial charge is 0.341 e. The zero-order chi connectivity index (χ0) is 15.0. The van der Waals surface area contributed by atoms with Crippen LogP contribution in [0.15, 0.2) is 12.4 Å². The molecule has 1 aromatic heterocycles. The highest BCUT2D eigenvalue weighted by atomic mass is 35.5. The van der Waals surface area contributed by atoms with Crippen LogP contribution in [-0.4, -0.2) is 38.6 Å². The molecule has 0 aliphatic carbocycles. The van der Waals surface area contributed by atoms with Gasteiger partial charge in [0, 0.05) is 19.3 Å². The van der Waals surface area contributed by atoms with Gasteiger partial charge in [-0.05, 0) is 45.6 Å². The molecule has 2 heterocycles. The zero-order valence-corrected chi connectivity index (χ0v) is 13.6. The summed E-state index contributed by atoms with van der Waals surface area (Å²) in [6.07, 6.45) is 6.89. The molecule has 1 aliphatic rings. The van der Waals surface area contributed by atoms with Crippen LogP contribution in [0.5, 0.6) is 0 Å². The maximum absolute atomic E-state index is 12.2. The van der Waals surface area contributed by atoms with Gasteiger partial charge in [-0.1, -0.05) is 6.92 Å². The smallest absolute Gasteiger partial charge is 0.243 e. The van der Waals surface area contributed by atoms with E-state index in [-0.39, 0.29) is 11.4 Å². The maximum Gasteiger partial charge on any atom is 0.243 e. The van der Waals surface area contributed by atoms with Gasteiger partial charge in [-0.15, -0.1) is 11.6 Å². The van der Waals surface area contributed by atoms with Gasteiger partial charge in [-0.25, -0.2) is 0 Å². The van der Waals surface area contributed by atoms with Crippen LogP contribution in [0.1, 0.15) is 46.1 Å². The Morgan fingerprint density at radius 1 is 1.45 bits per heavy atom. The van der Waals surface area contributed by atoms with Crippen molar-refractivity contribution in [3.8, 4) is 0 Å².